The van der Waals surface area contributed by atoms with Crippen molar-refractivity contribution in [3.05, 3.63) is 35.9 Å². The van der Waals surface area contributed by atoms with Gasteiger partial charge in [0.25, 0.3) is 0 Å². The van der Waals surface area contributed by atoms with Crippen molar-refractivity contribution in [2.45, 2.75) is 25.3 Å². The van der Waals surface area contributed by atoms with Gasteiger partial charge in [0, 0.05) is 32.2 Å². The molecule has 140 valence electrons. The van der Waals surface area contributed by atoms with Gasteiger partial charge < -0.3 is 15.5 Å². The first-order valence-corrected chi connectivity index (χ1v) is 9.20. The van der Waals surface area contributed by atoms with Crippen molar-refractivity contribution in [2.75, 3.05) is 39.3 Å². The number of carbonyl (C=O) groups excluding carboxylic acids is 3. The summed E-state index contributed by atoms with van der Waals surface area (Å²) in [5.74, 6) is -0.158. The van der Waals surface area contributed by atoms with Crippen molar-refractivity contribution in [2.24, 2.45) is 0 Å². The summed E-state index contributed by atoms with van der Waals surface area (Å²) >= 11 is 0. The van der Waals surface area contributed by atoms with Gasteiger partial charge in [-0.05, 0) is 18.4 Å². The lowest BCUT2D eigenvalue weighted by atomic mass is 10.1. The number of nitrogens with zero attached hydrogens (tertiary/aromatic N) is 2. The van der Waals surface area contributed by atoms with Crippen LogP contribution < -0.4 is 10.6 Å². The quantitative estimate of drug-likeness (QED) is 0.705. The molecule has 0 spiro atoms. The van der Waals surface area contributed by atoms with Crippen LogP contribution in [0.25, 0.3) is 0 Å². The smallest absolute Gasteiger partial charge is 0.242 e. The van der Waals surface area contributed by atoms with Gasteiger partial charge >= 0.3 is 0 Å². The highest BCUT2D eigenvalue weighted by Crippen LogP contribution is 2.18. The van der Waals surface area contributed by atoms with E-state index < -0.39 is 0 Å². The summed E-state index contributed by atoms with van der Waals surface area (Å²) in [4.78, 5) is 39.8. The van der Waals surface area contributed by atoms with Gasteiger partial charge in [0.05, 0.1) is 19.5 Å². The summed E-state index contributed by atoms with van der Waals surface area (Å²) < 4.78 is 0. The Kier molecular flexibility index (Phi) is 6.22. The molecule has 1 heterocycles. The van der Waals surface area contributed by atoms with E-state index in [-0.39, 0.29) is 30.7 Å². The molecule has 2 fully saturated rings. The Bertz CT molecular complexity index is 637. The Morgan fingerprint density at radius 3 is 2.31 bits per heavy atom. The number of nitrogens with one attached hydrogen (secondary N) is 2. The van der Waals surface area contributed by atoms with Crippen molar-refractivity contribution in [3.8, 4) is 0 Å². The fraction of sp³-hybridized carbons (Fsp3) is 0.526. The first-order valence-electron chi connectivity index (χ1n) is 9.20. The molecule has 3 rings (SSSR count). The molecule has 1 aliphatic carbocycles. The van der Waals surface area contributed by atoms with E-state index in [9.17, 15) is 14.4 Å². The van der Waals surface area contributed by atoms with Gasteiger partial charge in [0.1, 0.15) is 0 Å². The van der Waals surface area contributed by atoms with E-state index >= 15 is 0 Å². The molecule has 0 atom stereocenters. The summed E-state index contributed by atoms with van der Waals surface area (Å²) in [6, 6.07) is 9.83. The van der Waals surface area contributed by atoms with E-state index in [1.807, 2.05) is 30.3 Å². The predicted molar refractivity (Wildman–Crippen MR) is 97.3 cm³/mol. The fourth-order valence-corrected chi connectivity index (χ4v) is 2.99. The molecule has 0 bridgehead atoms. The standard InChI is InChI=1S/C19H26N4O3/c24-17(12-15-4-2-1-3-5-15)20-13-19(26)23-10-8-22(9-11-23)14-18(25)21-16-6-7-16/h1-5,16H,6-14H2,(H,20,24)(H,21,25). The minimum absolute atomic E-state index is 0.0217. The molecule has 7 heteroatoms. The molecule has 7 nitrogen and oxygen atoms in total. The molecular weight excluding hydrogens is 332 g/mol. The molecule has 1 aromatic carbocycles. The van der Waals surface area contributed by atoms with E-state index in [1.54, 1.807) is 4.90 Å². The van der Waals surface area contributed by atoms with Crippen molar-refractivity contribution < 1.29 is 14.4 Å². The normalized spacial score (nSPS) is 17.6. The van der Waals surface area contributed by atoms with Crippen LogP contribution in [0.3, 0.4) is 0 Å². The van der Waals surface area contributed by atoms with Crippen molar-refractivity contribution in [3.63, 3.8) is 0 Å². The minimum atomic E-state index is -0.153. The average molecular weight is 358 g/mol. The first kappa shape index (κ1) is 18.4. The van der Waals surface area contributed by atoms with Crippen molar-refractivity contribution in [1.29, 1.82) is 0 Å². The fourth-order valence-electron chi connectivity index (χ4n) is 2.99. The highest BCUT2D eigenvalue weighted by atomic mass is 16.2. The Labute approximate surface area is 153 Å². The van der Waals surface area contributed by atoms with Gasteiger partial charge in [0.2, 0.25) is 17.7 Å². The lowest BCUT2D eigenvalue weighted by molar-refractivity contribution is -0.134. The molecule has 1 saturated carbocycles. The number of hydrogen-bond donors (Lipinski definition) is 2. The number of benzene rings is 1. The maximum absolute atomic E-state index is 12.3. The van der Waals surface area contributed by atoms with Gasteiger partial charge in [-0.2, -0.15) is 0 Å². The topological polar surface area (TPSA) is 81.8 Å². The summed E-state index contributed by atoms with van der Waals surface area (Å²) in [5.41, 5.74) is 0.926. The van der Waals surface area contributed by atoms with Gasteiger partial charge in [-0.3, -0.25) is 19.3 Å². The Morgan fingerprint density at radius 1 is 0.962 bits per heavy atom. The highest BCUT2D eigenvalue weighted by Gasteiger charge is 2.26. The first-order chi connectivity index (χ1) is 12.6. The number of piperazine rings is 1. The van der Waals surface area contributed by atoms with Gasteiger partial charge in [-0.15, -0.1) is 0 Å². The molecule has 1 saturated heterocycles. The summed E-state index contributed by atoms with van der Waals surface area (Å²) in [6.07, 6.45) is 2.45. The van der Waals surface area contributed by atoms with Crippen LogP contribution in [-0.2, 0) is 20.8 Å². The zero-order chi connectivity index (χ0) is 18.4. The van der Waals surface area contributed by atoms with Crippen LogP contribution in [0.5, 0.6) is 0 Å². The maximum Gasteiger partial charge on any atom is 0.242 e. The molecular formula is C19H26N4O3. The summed E-state index contributed by atoms with van der Waals surface area (Å²) in [5, 5.41) is 5.67. The van der Waals surface area contributed by atoms with E-state index in [0.717, 1.165) is 18.4 Å². The largest absolute Gasteiger partial charge is 0.352 e. The van der Waals surface area contributed by atoms with Crippen LogP contribution in [0.15, 0.2) is 30.3 Å². The SMILES string of the molecule is O=C(Cc1ccccc1)NCC(=O)N1CCN(CC(=O)NC2CC2)CC1. The zero-order valence-corrected chi connectivity index (χ0v) is 14.9. The molecule has 0 aromatic heterocycles. The molecule has 1 aliphatic heterocycles. The van der Waals surface area contributed by atoms with Crippen LogP contribution in [0.1, 0.15) is 18.4 Å². The Hall–Kier alpha value is -2.41. The molecule has 0 radical (unpaired) electrons. The number of carbonyl (C=O) groups is 3. The Balaban J connectivity index is 1.32. The molecule has 1 aromatic rings. The van der Waals surface area contributed by atoms with Crippen LogP contribution in [-0.4, -0.2) is 72.8 Å². The third-order valence-electron chi connectivity index (χ3n) is 4.68. The second-order valence-corrected chi connectivity index (χ2v) is 6.94. The lowest BCUT2D eigenvalue weighted by Crippen LogP contribution is -2.53. The van der Waals surface area contributed by atoms with Crippen LogP contribution in [0.4, 0.5) is 0 Å². The van der Waals surface area contributed by atoms with Crippen molar-refractivity contribution >= 4 is 17.7 Å². The van der Waals surface area contributed by atoms with Gasteiger partial charge in [-0.1, -0.05) is 30.3 Å². The molecule has 0 unspecified atom stereocenters. The molecule has 2 aliphatic rings. The van der Waals surface area contributed by atoms with Crippen molar-refractivity contribution in [1.82, 2.24) is 20.4 Å². The number of amides is 3. The third kappa shape index (κ3) is 5.84. The lowest BCUT2D eigenvalue weighted by Gasteiger charge is -2.34. The Morgan fingerprint density at radius 2 is 1.65 bits per heavy atom. The van der Waals surface area contributed by atoms with Gasteiger partial charge in [0.15, 0.2) is 0 Å². The number of hydrogen-bond acceptors (Lipinski definition) is 4. The summed E-state index contributed by atoms with van der Waals surface area (Å²) in [6.45, 7) is 2.96. The molecule has 2 N–H and O–H groups in total. The second-order valence-electron chi connectivity index (χ2n) is 6.94. The number of rotatable bonds is 7. The third-order valence-corrected chi connectivity index (χ3v) is 4.68. The van der Waals surface area contributed by atoms with Crippen LogP contribution in [0.2, 0.25) is 0 Å². The minimum Gasteiger partial charge on any atom is -0.352 e. The van der Waals surface area contributed by atoms with E-state index in [1.165, 1.54) is 0 Å². The summed E-state index contributed by atoms with van der Waals surface area (Å²) in [7, 11) is 0. The second kappa shape index (κ2) is 8.80. The van der Waals surface area contributed by atoms with E-state index in [0.29, 0.717) is 38.8 Å². The zero-order valence-electron chi connectivity index (χ0n) is 14.9. The van der Waals surface area contributed by atoms with Gasteiger partial charge in [-0.25, -0.2) is 0 Å². The monoisotopic (exact) mass is 358 g/mol. The van der Waals surface area contributed by atoms with E-state index in [2.05, 4.69) is 15.5 Å². The molecule has 26 heavy (non-hydrogen) atoms. The van der Waals surface area contributed by atoms with E-state index in [4.69, 9.17) is 0 Å². The van der Waals surface area contributed by atoms with Crippen LogP contribution in [0, 0.1) is 0 Å². The highest BCUT2D eigenvalue weighted by molar-refractivity contribution is 5.85. The van der Waals surface area contributed by atoms with Crippen LogP contribution >= 0.6 is 0 Å². The average Bonchev–Trinajstić information content (AvgIpc) is 3.45. The maximum atomic E-state index is 12.3. The molecule has 3 amide bonds. The predicted octanol–water partition coefficient (Wildman–Crippen LogP) is -0.232.